The molecule has 0 aliphatic heterocycles. The summed E-state index contributed by atoms with van der Waals surface area (Å²) >= 11 is 0. The Kier molecular flexibility index (Phi) is 4.85. The van der Waals surface area contributed by atoms with Crippen molar-refractivity contribution < 1.29 is 0 Å². The Morgan fingerprint density at radius 2 is 1.69 bits per heavy atom. The maximum atomic E-state index is 4.47. The molecule has 0 N–H and O–H groups in total. The van der Waals surface area contributed by atoms with Gasteiger partial charge in [-0.15, -0.1) is 0 Å². The number of fused-ring (bicyclic) bond motifs is 1. The van der Waals surface area contributed by atoms with Crippen LogP contribution in [0.1, 0.15) is 60.4 Å². The molecule has 2 aromatic carbocycles. The van der Waals surface area contributed by atoms with Crippen LogP contribution in [0.25, 0.3) is 11.1 Å². The second-order valence-corrected chi connectivity index (χ2v) is 8.38. The Balaban J connectivity index is 1.64. The summed E-state index contributed by atoms with van der Waals surface area (Å²) in [6.07, 6.45) is 10.3. The highest BCUT2D eigenvalue weighted by molar-refractivity contribution is 6.06. The van der Waals surface area contributed by atoms with E-state index in [4.69, 9.17) is 0 Å². The zero-order chi connectivity index (χ0) is 18.1. The molecule has 134 valence electrons. The Morgan fingerprint density at radius 1 is 0.962 bits per heavy atom. The molecule has 1 saturated carbocycles. The average Bonchev–Trinajstić information content (AvgIpc) is 2.66. The summed E-state index contributed by atoms with van der Waals surface area (Å²) in [6, 6.07) is 15.3. The SMILES string of the molecule is C=C1C(c2ccccc2)=CCc2c1ccc(C)c2CC1CCC(C)CC1. The fraction of sp³-hybridized carbons (Fsp3) is 0.385. The first kappa shape index (κ1) is 17.3. The highest BCUT2D eigenvalue weighted by Gasteiger charge is 2.24. The van der Waals surface area contributed by atoms with Crippen LogP contribution >= 0.6 is 0 Å². The molecule has 0 nitrogen and oxygen atoms in total. The van der Waals surface area contributed by atoms with Crippen molar-refractivity contribution >= 4 is 11.1 Å². The molecular formula is C26H30. The molecular weight excluding hydrogens is 312 g/mol. The van der Waals surface area contributed by atoms with E-state index in [1.807, 2.05) is 0 Å². The third-order valence-corrected chi connectivity index (χ3v) is 6.54. The lowest BCUT2D eigenvalue weighted by molar-refractivity contribution is 0.288. The third kappa shape index (κ3) is 3.30. The molecule has 4 rings (SSSR count). The van der Waals surface area contributed by atoms with Crippen molar-refractivity contribution in [2.75, 3.05) is 0 Å². The van der Waals surface area contributed by atoms with Crippen LogP contribution in [-0.4, -0.2) is 0 Å². The van der Waals surface area contributed by atoms with Crippen molar-refractivity contribution in [2.45, 2.75) is 52.4 Å². The van der Waals surface area contributed by atoms with Gasteiger partial charge < -0.3 is 0 Å². The first-order chi connectivity index (χ1) is 12.6. The summed E-state index contributed by atoms with van der Waals surface area (Å²) in [4.78, 5) is 0. The summed E-state index contributed by atoms with van der Waals surface area (Å²) in [6.45, 7) is 9.17. The predicted octanol–water partition coefficient (Wildman–Crippen LogP) is 7.02. The Labute approximate surface area is 158 Å². The fourth-order valence-electron chi connectivity index (χ4n) is 4.81. The predicted molar refractivity (Wildman–Crippen MR) is 113 cm³/mol. The van der Waals surface area contributed by atoms with E-state index in [-0.39, 0.29) is 0 Å². The molecule has 2 aliphatic rings. The van der Waals surface area contributed by atoms with Crippen molar-refractivity contribution in [1.82, 2.24) is 0 Å². The maximum absolute atomic E-state index is 4.47. The molecule has 0 amide bonds. The summed E-state index contributed by atoms with van der Waals surface area (Å²) in [5, 5.41) is 0. The van der Waals surface area contributed by atoms with Crippen molar-refractivity contribution in [3.63, 3.8) is 0 Å². The smallest absolute Gasteiger partial charge is 0.00790 e. The van der Waals surface area contributed by atoms with Gasteiger partial charge in [-0.05, 0) is 83.4 Å². The monoisotopic (exact) mass is 342 g/mol. The molecule has 0 atom stereocenters. The molecule has 2 aromatic rings. The van der Waals surface area contributed by atoms with Gasteiger partial charge in [-0.3, -0.25) is 0 Å². The van der Waals surface area contributed by atoms with Gasteiger partial charge in [0.2, 0.25) is 0 Å². The molecule has 0 heterocycles. The van der Waals surface area contributed by atoms with E-state index in [1.54, 1.807) is 5.56 Å². The van der Waals surface area contributed by atoms with Gasteiger partial charge in [0.1, 0.15) is 0 Å². The minimum Gasteiger partial charge on any atom is -0.0905 e. The van der Waals surface area contributed by atoms with Crippen LogP contribution in [0.15, 0.2) is 55.1 Å². The van der Waals surface area contributed by atoms with Gasteiger partial charge in [0, 0.05) is 0 Å². The number of rotatable bonds is 3. The number of hydrogen-bond acceptors (Lipinski definition) is 0. The van der Waals surface area contributed by atoms with Crippen LogP contribution in [0.2, 0.25) is 0 Å². The molecule has 0 bridgehead atoms. The largest absolute Gasteiger partial charge is 0.0905 e. The number of allylic oxidation sites excluding steroid dienone is 3. The summed E-state index contributed by atoms with van der Waals surface area (Å²) in [7, 11) is 0. The summed E-state index contributed by atoms with van der Waals surface area (Å²) in [5.74, 6) is 1.79. The molecule has 0 heteroatoms. The molecule has 1 fully saturated rings. The van der Waals surface area contributed by atoms with Crippen LogP contribution in [0.4, 0.5) is 0 Å². The molecule has 0 radical (unpaired) electrons. The lowest BCUT2D eigenvalue weighted by Crippen LogP contribution is -2.17. The van der Waals surface area contributed by atoms with Crippen molar-refractivity contribution in [1.29, 1.82) is 0 Å². The van der Waals surface area contributed by atoms with Gasteiger partial charge in [-0.25, -0.2) is 0 Å². The lowest BCUT2D eigenvalue weighted by atomic mass is 9.76. The van der Waals surface area contributed by atoms with Crippen LogP contribution in [0, 0.1) is 18.8 Å². The van der Waals surface area contributed by atoms with E-state index in [0.29, 0.717) is 0 Å². The second kappa shape index (κ2) is 7.27. The number of aryl methyl sites for hydroxylation is 1. The van der Waals surface area contributed by atoms with E-state index in [2.05, 4.69) is 69.0 Å². The number of benzene rings is 2. The topological polar surface area (TPSA) is 0 Å². The van der Waals surface area contributed by atoms with Crippen LogP contribution in [-0.2, 0) is 12.8 Å². The van der Waals surface area contributed by atoms with Crippen LogP contribution in [0.3, 0.4) is 0 Å². The van der Waals surface area contributed by atoms with Crippen molar-refractivity contribution in [3.05, 3.63) is 82.9 Å². The molecule has 0 saturated heterocycles. The fourth-order valence-corrected chi connectivity index (χ4v) is 4.81. The normalized spacial score (nSPS) is 22.7. The molecule has 0 aromatic heterocycles. The Morgan fingerprint density at radius 3 is 2.42 bits per heavy atom. The van der Waals surface area contributed by atoms with Gasteiger partial charge >= 0.3 is 0 Å². The van der Waals surface area contributed by atoms with Gasteiger partial charge in [0.15, 0.2) is 0 Å². The Hall–Kier alpha value is -2.08. The zero-order valence-electron chi connectivity index (χ0n) is 16.2. The van der Waals surface area contributed by atoms with E-state index < -0.39 is 0 Å². The van der Waals surface area contributed by atoms with Crippen LogP contribution < -0.4 is 0 Å². The first-order valence-corrected chi connectivity index (χ1v) is 10.2. The van der Waals surface area contributed by atoms with Crippen molar-refractivity contribution in [3.8, 4) is 0 Å². The van der Waals surface area contributed by atoms with E-state index in [1.165, 1.54) is 65.5 Å². The Bertz CT molecular complexity index is 830. The van der Waals surface area contributed by atoms with Gasteiger partial charge in [0.25, 0.3) is 0 Å². The summed E-state index contributed by atoms with van der Waals surface area (Å²) < 4.78 is 0. The minimum atomic E-state index is 0.865. The second-order valence-electron chi connectivity index (χ2n) is 8.38. The lowest BCUT2D eigenvalue weighted by Gasteiger charge is -2.29. The zero-order valence-corrected chi connectivity index (χ0v) is 16.2. The van der Waals surface area contributed by atoms with Gasteiger partial charge in [-0.1, -0.05) is 74.9 Å². The van der Waals surface area contributed by atoms with E-state index in [9.17, 15) is 0 Å². The highest BCUT2D eigenvalue weighted by atomic mass is 14.3. The first-order valence-electron chi connectivity index (χ1n) is 10.2. The van der Waals surface area contributed by atoms with Gasteiger partial charge in [-0.2, -0.15) is 0 Å². The minimum absolute atomic E-state index is 0.865. The average molecular weight is 343 g/mol. The molecule has 0 unspecified atom stereocenters. The quantitative estimate of drug-likeness (QED) is 0.562. The van der Waals surface area contributed by atoms with E-state index >= 15 is 0 Å². The molecule has 2 aliphatic carbocycles. The molecule has 0 spiro atoms. The van der Waals surface area contributed by atoms with Crippen molar-refractivity contribution in [2.24, 2.45) is 11.8 Å². The molecule has 26 heavy (non-hydrogen) atoms. The van der Waals surface area contributed by atoms with Gasteiger partial charge in [0.05, 0.1) is 0 Å². The van der Waals surface area contributed by atoms with Crippen LogP contribution in [0.5, 0.6) is 0 Å². The third-order valence-electron chi connectivity index (χ3n) is 6.54. The maximum Gasteiger partial charge on any atom is -0.00790 e. The number of hydrogen-bond donors (Lipinski definition) is 0. The van der Waals surface area contributed by atoms with E-state index in [0.717, 1.165) is 18.3 Å². The standard InChI is InChI=1S/C26H30/c1-18-9-12-21(13-10-18)17-26-19(2)11-14-24-20(3)23(15-16-25(24)26)22-7-5-4-6-8-22/h4-8,11,14-15,18,21H,3,9-10,12-13,16-17H2,1-2H3. The summed E-state index contributed by atoms with van der Waals surface area (Å²) in [5.41, 5.74) is 9.75. The highest BCUT2D eigenvalue weighted by Crippen LogP contribution is 2.40.